The second kappa shape index (κ2) is 9.14. The van der Waals surface area contributed by atoms with Gasteiger partial charge in [0.1, 0.15) is 18.4 Å². The van der Waals surface area contributed by atoms with Crippen LogP contribution in [0.2, 0.25) is 0 Å². The summed E-state index contributed by atoms with van der Waals surface area (Å²) in [5.74, 6) is 0.170. The molecule has 26 heavy (non-hydrogen) atoms. The Morgan fingerprint density at radius 3 is 2.85 bits per heavy atom. The number of nitrogens with zero attached hydrogens (tertiary/aromatic N) is 3. The normalized spacial score (nSPS) is 20.2. The number of hydrogen-bond donors (Lipinski definition) is 1. The molecule has 8 heteroatoms. The molecule has 0 unspecified atom stereocenters. The molecule has 2 atom stereocenters. The Kier molecular flexibility index (Phi) is 7.16. The van der Waals surface area contributed by atoms with Crippen molar-refractivity contribution in [3.05, 3.63) is 17.5 Å². The van der Waals surface area contributed by atoms with E-state index in [0.717, 1.165) is 12.1 Å². The van der Waals surface area contributed by atoms with E-state index < -0.39 is 0 Å². The van der Waals surface area contributed by atoms with Crippen molar-refractivity contribution in [3.8, 4) is 0 Å². The summed E-state index contributed by atoms with van der Waals surface area (Å²) >= 11 is 0. The molecule has 2 heterocycles. The second-order valence-corrected chi connectivity index (χ2v) is 7.32. The number of aryl methyl sites for hydroxylation is 1. The van der Waals surface area contributed by atoms with Gasteiger partial charge in [0.2, 0.25) is 5.91 Å². The Hall–Kier alpha value is -1.93. The quantitative estimate of drug-likeness (QED) is 0.764. The van der Waals surface area contributed by atoms with E-state index in [9.17, 15) is 9.59 Å². The van der Waals surface area contributed by atoms with Crippen molar-refractivity contribution in [3.63, 3.8) is 0 Å². The van der Waals surface area contributed by atoms with Gasteiger partial charge in [0.25, 0.3) is 5.91 Å². The van der Waals surface area contributed by atoms with Crippen LogP contribution in [0.5, 0.6) is 0 Å². The molecule has 1 aliphatic heterocycles. The first-order valence-electron chi connectivity index (χ1n) is 9.01. The number of nitrogens with one attached hydrogen (secondary N) is 1. The minimum Gasteiger partial charge on any atom is -0.379 e. The summed E-state index contributed by atoms with van der Waals surface area (Å²) in [6, 6.07) is 1.63. The molecule has 1 N–H and O–H groups in total. The zero-order valence-electron chi connectivity index (χ0n) is 16.3. The third kappa shape index (κ3) is 5.54. The minimum atomic E-state index is -0.347. The first-order chi connectivity index (χ1) is 12.3. The minimum absolute atomic E-state index is 0.0301. The number of ether oxygens (including phenoxy) is 2. The first kappa shape index (κ1) is 20.4. The third-order valence-corrected chi connectivity index (χ3v) is 4.32. The second-order valence-electron chi connectivity index (χ2n) is 7.32. The van der Waals surface area contributed by atoms with E-state index in [1.807, 2.05) is 6.07 Å². The fourth-order valence-electron chi connectivity index (χ4n) is 2.85. The number of rotatable bonds is 7. The average molecular weight is 366 g/mol. The van der Waals surface area contributed by atoms with E-state index in [0.29, 0.717) is 31.2 Å². The summed E-state index contributed by atoms with van der Waals surface area (Å²) in [4.78, 5) is 25.9. The van der Waals surface area contributed by atoms with Crippen LogP contribution in [0.3, 0.4) is 0 Å². The molecular weight excluding hydrogens is 336 g/mol. The summed E-state index contributed by atoms with van der Waals surface area (Å²) in [6.45, 7) is 5.12. The Morgan fingerprint density at radius 1 is 1.46 bits per heavy atom. The number of hydrogen-bond acceptors (Lipinski definition) is 5. The maximum atomic E-state index is 12.7. The number of aromatic nitrogens is 2. The van der Waals surface area contributed by atoms with Gasteiger partial charge in [-0.15, -0.1) is 0 Å². The molecule has 1 aromatic rings. The molecule has 1 saturated heterocycles. The molecule has 1 aliphatic rings. The van der Waals surface area contributed by atoms with Crippen molar-refractivity contribution < 1.29 is 19.1 Å². The van der Waals surface area contributed by atoms with Gasteiger partial charge in [0.15, 0.2) is 0 Å². The standard InChI is InChI=1S/C18H30N4O4/c1-12(2)8-13-9-15(22(5)20-13)18(24)19-14-6-7-25-10-16(14)26-11-17(23)21(3)4/h9,12,14,16H,6-8,10-11H2,1-5H3,(H,19,24)/t14-,16-/m1/s1. The van der Waals surface area contributed by atoms with E-state index >= 15 is 0 Å². The predicted molar refractivity (Wildman–Crippen MR) is 96.9 cm³/mol. The molecule has 0 saturated carbocycles. The van der Waals surface area contributed by atoms with Gasteiger partial charge in [-0.3, -0.25) is 14.3 Å². The van der Waals surface area contributed by atoms with Crippen LogP contribution >= 0.6 is 0 Å². The summed E-state index contributed by atoms with van der Waals surface area (Å²) < 4.78 is 12.7. The van der Waals surface area contributed by atoms with Crippen LogP contribution in [-0.4, -0.2) is 72.6 Å². The first-order valence-corrected chi connectivity index (χ1v) is 9.01. The van der Waals surface area contributed by atoms with Crippen LogP contribution in [-0.2, 0) is 27.7 Å². The van der Waals surface area contributed by atoms with Crippen LogP contribution in [0.1, 0.15) is 36.5 Å². The maximum Gasteiger partial charge on any atom is 0.269 e. The lowest BCUT2D eigenvalue weighted by Crippen LogP contribution is -2.51. The fraction of sp³-hybridized carbons (Fsp3) is 0.722. The van der Waals surface area contributed by atoms with Gasteiger partial charge in [-0.2, -0.15) is 5.10 Å². The smallest absolute Gasteiger partial charge is 0.269 e. The van der Waals surface area contributed by atoms with Crippen molar-refractivity contribution in [1.82, 2.24) is 20.0 Å². The van der Waals surface area contributed by atoms with Gasteiger partial charge in [-0.1, -0.05) is 13.8 Å². The zero-order chi connectivity index (χ0) is 19.3. The van der Waals surface area contributed by atoms with E-state index in [2.05, 4.69) is 24.3 Å². The van der Waals surface area contributed by atoms with E-state index in [4.69, 9.17) is 9.47 Å². The molecule has 2 amide bonds. The van der Waals surface area contributed by atoms with Crippen molar-refractivity contribution in [2.45, 2.75) is 38.8 Å². The average Bonchev–Trinajstić information content (AvgIpc) is 2.93. The molecule has 0 bridgehead atoms. The molecule has 146 valence electrons. The van der Waals surface area contributed by atoms with Crippen LogP contribution < -0.4 is 5.32 Å². The zero-order valence-corrected chi connectivity index (χ0v) is 16.3. The molecule has 0 aliphatic carbocycles. The fourth-order valence-corrected chi connectivity index (χ4v) is 2.85. The summed E-state index contributed by atoms with van der Waals surface area (Å²) in [5, 5.41) is 7.43. The van der Waals surface area contributed by atoms with Crippen LogP contribution in [0, 0.1) is 5.92 Å². The number of carbonyl (C=O) groups is 2. The molecule has 2 rings (SSSR count). The van der Waals surface area contributed by atoms with E-state index in [1.165, 1.54) is 4.90 Å². The molecule has 1 aromatic heterocycles. The SMILES string of the molecule is CC(C)Cc1cc(C(=O)N[C@@H]2CCOC[C@H]2OCC(=O)N(C)C)n(C)n1. The molecule has 0 aromatic carbocycles. The highest BCUT2D eigenvalue weighted by molar-refractivity contribution is 5.92. The summed E-state index contributed by atoms with van der Waals surface area (Å²) in [7, 11) is 5.13. The molecule has 0 spiro atoms. The summed E-state index contributed by atoms with van der Waals surface area (Å²) in [5.41, 5.74) is 1.43. The van der Waals surface area contributed by atoms with Crippen molar-refractivity contribution >= 4 is 11.8 Å². The highest BCUT2D eigenvalue weighted by atomic mass is 16.5. The van der Waals surface area contributed by atoms with Gasteiger partial charge < -0.3 is 19.7 Å². The highest BCUT2D eigenvalue weighted by Crippen LogP contribution is 2.14. The Balaban J connectivity index is 1.99. The Morgan fingerprint density at radius 2 is 2.19 bits per heavy atom. The van der Waals surface area contributed by atoms with Crippen LogP contribution in [0.15, 0.2) is 6.07 Å². The van der Waals surface area contributed by atoms with Gasteiger partial charge in [-0.25, -0.2) is 0 Å². The largest absolute Gasteiger partial charge is 0.379 e. The lowest BCUT2D eigenvalue weighted by molar-refractivity contribution is -0.140. The molecule has 8 nitrogen and oxygen atoms in total. The molecule has 1 fully saturated rings. The van der Waals surface area contributed by atoms with Crippen molar-refractivity contribution in [2.24, 2.45) is 13.0 Å². The van der Waals surface area contributed by atoms with Crippen molar-refractivity contribution in [1.29, 1.82) is 0 Å². The maximum absolute atomic E-state index is 12.7. The van der Waals surface area contributed by atoms with Gasteiger partial charge in [-0.05, 0) is 24.8 Å². The molecular formula is C18H30N4O4. The monoisotopic (exact) mass is 366 g/mol. The van der Waals surface area contributed by atoms with Gasteiger partial charge in [0.05, 0.1) is 18.3 Å². The highest BCUT2D eigenvalue weighted by Gasteiger charge is 2.29. The van der Waals surface area contributed by atoms with Crippen molar-refractivity contribution in [2.75, 3.05) is 33.9 Å². The van der Waals surface area contributed by atoms with E-state index in [1.54, 1.807) is 25.8 Å². The lowest BCUT2D eigenvalue weighted by atomic mass is 10.1. The van der Waals surface area contributed by atoms with Gasteiger partial charge in [0, 0.05) is 27.7 Å². The third-order valence-electron chi connectivity index (χ3n) is 4.32. The number of likely N-dealkylation sites (N-methyl/N-ethyl adjacent to an activating group) is 1. The molecule has 0 radical (unpaired) electrons. The topological polar surface area (TPSA) is 85.7 Å². The van der Waals surface area contributed by atoms with E-state index in [-0.39, 0.29) is 30.6 Å². The Labute approximate surface area is 154 Å². The van der Waals surface area contributed by atoms with Gasteiger partial charge >= 0.3 is 0 Å². The summed E-state index contributed by atoms with van der Waals surface area (Å²) in [6.07, 6.45) is 1.13. The number of amides is 2. The van der Waals surface area contributed by atoms with Crippen LogP contribution in [0.4, 0.5) is 0 Å². The van der Waals surface area contributed by atoms with Crippen LogP contribution in [0.25, 0.3) is 0 Å². The predicted octanol–water partition coefficient (Wildman–Crippen LogP) is 0.611. The lowest BCUT2D eigenvalue weighted by Gasteiger charge is -2.32. The Bertz CT molecular complexity index is 627. The number of carbonyl (C=O) groups excluding carboxylic acids is 2.